The Balaban J connectivity index is 2.01. The zero-order chi connectivity index (χ0) is 10.2. The van der Waals surface area contributed by atoms with Crippen LogP contribution in [-0.4, -0.2) is 17.8 Å². The monoisotopic (exact) mass is 192 g/mol. The Kier molecular flexibility index (Phi) is 2.23. The second kappa shape index (κ2) is 3.28. The van der Waals surface area contributed by atoms with E-state index in [1.54, 1.807) is 0 Å². The molecule has 2 unspecified atom stereocenters. The topological polar surface area (TPSA) is 29.5 Å². The third-order valence-corrected chi connectivity index (χ3v) is 3.15. The van der Waals surface area contributed by atoms with E-state index in [0.717, 1.165) is 5.75 Å². The Morgan fingerprint density at radius 1 is 1.29 bits per heavy atom. The fourth-order valence-corrected chi connectivity index (χ4v) is 1.90. The first-order valence-electron chi connectivity index (χ1n) is 4.99. The van der Waals surface area contributed by atoms with E-state index in [0.29, 0.717) is 0 Å². The van der Waals surface area contributed by atoms with Gasteiger partial charge < -0.3 is 9.84 Å². The maximum atomic E-state index is 9.11. The maximum absolute atomic E-state index is 9.11. The van der Waals surface area contributed by atoms with Crippen LogP contribution >= 0.6 is 0 Å². The van der Waals surface area contributed by atoms with Gasteiger partial charge in [0.1, 0.15) is 11.9 Å². The lowest BCUT2D eigenvalue weighted by molar-refractivity contribution is 0.224. The van der Waals surface area contributed by atoms with Gasteiger partial charge in [-0.1, -0.05) is 32.0 Å². The van der Waals surface area contributed by atoms with Crippen molar-refractivity contribution in [1.29, 1.82) is 0 Å². The Hall–Kier alpha value is -1.02. The van der Waals surface area contributed by atoms with E-state index in [2.05, 4.69) is 13.8 Å². The molecule has 2 nitrogen and oxygen atoms in total. The summed E-state index contributed by atoms with van der Waals surface area (Å²) in [6.45, 7) is 4.47. The first kappa shape index (κ1) is 9.53. The Morgan fingerprint density at radius 3 is 2.43 bits per heavy atom. The van der Waals surface area contributed by atoms with E-state index in [1.807, 2.05) is 30.3 Å². The van der Waals surface area contributed by atoms with Gasteiger partial charge in [-0.3, -0.25) is 0 Å². The minimum atomic E-state index is 0.116. The van der Waals surface area contributed by atoms with Crippen LogP contribution in [0.15, 0.2) is 30.3 Å². The molecule has 1 N–H and O–H groups in total. The molecular weight excluding hydrogens is 176 g/mol. The highest BCUT2D eigenvalue weighted by molar-refractivity contribution is 5.23. The predicted octanol–water partition coefficient (Wildman–Crippen LogP) is 2.08. The van der Waals surface area contributed by atoms with Crippen molar-refractivity contribution in [2.75, 3.05) is 6.61 Å². The van der Waals surface area contributed by atoms with Gasteiger partial charge in [0, 0.05) is 11.3 Å². The number of rotatable bonds is 3. The molecule has 0 saturated heterocycles. The van der Waals surface area contributed by atoms with Crippen molar-refractivity contribution in [3.05, 3.63) is 30.3 Å². The van der Waals surface area contributed by atoms with Crippen LogP contribution in [0, 0.1) is 11.3 Å². The summed E-state index contributed by atoms with van der Waals surface area (Å²) in [6, 6.07) is 9.78. The summed E-state index contributed by atoms with van der Waals surface area (Å²) in [5.74, 6) is 1.17. The molecule has 0 amide bonds. The Morgan fingerprint density at radius 2 is 1.93 bits per heavy atom. The van der Waals surface area contributed by atoms with Crippen LogP contribution in [-0.2, 0) is 0 Å². The van der Waals surface area contributed by atoms with E-state index in [-0.39, 0.29) is 24.0 Å². The van der Waals surface area contributed by atoms with Crippen molar-refractivity contribution in [3.63, 3.8) is 0 Å². The van der Waals surface area contributed by atoms with E-state index < -0.39 is 0 Å². The molecule has 1 saturated carbocycles. The number of ether oxygens (including phenoxy) is 1. The minimum absolute atomic E-state index is 0.116. The van der Waals surface area contributed by atoms with Crippen LogP contribution < -0.4 is 4.74 Å². The van der Waals surface area contributed by atoms with Gasteiger partial charge in [-0.2, -0.15) is 0 Å². The summed E-state index contributed by atoms with van der Waals surface area (Å²) in [5, 5.41) is 9.11. The van der Waals surface area contributed by atoms with Gasteiger partial charge in [0.05, 0.1) is 6.61 Å². The number of aliphatic hydroxyl groups is 1. The average molecular weight is 192 g/mol. The van der Waals surface area contributed by atoms with Crippen LogP contribution in [0.1, 0.15) is 13.8 Å². The van der Waals surface area contributed by atoms with E-state index in [1.165, 1.54) is 0 Å². The molecule has 0 heterocycles. The molecule has 2 atom stereocenters. The zero-order valence-electron chi connectivity index (χ0n) is 8.60. The largest absolute Gasteiger partial charge is 0.489 e. The average Bonchev–Trinajstić information content (AvgIpc) is 2.69. The van der Waals surface area contributed by atoms with Crippen LogP contribution in [0.5, 0.6) is 5.75 Å². The molecule has 76 valence electrons. The molecule has 1 fully saturated rings. The zero-order valence-corrected chi connectivity index (χ0v) is 8.60. The Bertz CT molecular complexity index is 305. The van der Waals surface area contributed by atoms with E-state index in [4.69, 9.17) is 9.84 Å². The minimum Gasteiger partial charge on any atom is -0.489 e. The normalized spacial score (nSPS) is 28.5. The first-order valence-corrected chi connectivity index (χ1v) is 4.99. The number of hydrogen-bond acceptors (Lipinski definition) is 2. The van der Waals surface area contributed by atoms with E-state index in [9.17, 15) is 0 Å². The van der Waals surface area contributed by atoms with E-state index >= 15 is 0 Å². The smallest absolute Gasteiger partial charge is 0.119 e. The van der Waals surface area contributed by atoms with Gasteiger partial charge in [0.15, 0.2) is 0 Å². The molecular formula is C12H16O2. The van der Waals surface area contributed by atoms with Crippen molar-refractivity contribution in [1.82, 2.24) is 0 Å². The molecule has 0 aliphatic heterocycles. The summed E-state index contributed by atoms with van der Waals surface area (Å²) in [4.78, 5) is 0. The number of hydrogen-bond donors (Lipinski definition) is 1. The van der Waals surface area contributed by atoms with Gasteiger partial charge in [0.25, 0.3) is 0 Å². The molecule has 0 bridgehead atoms. The fraction of sp³-hybridized carbons (Fsp3) is 0.500. The van der Waals surface area contributed by atoms with Crippen LogP contribution in [0.25, 0.3) is 0 Å². The van der Waals surface area contributed by atoms with Crippen LogP contribution in [0.4, 0.5) is 0 Å². The highest BCUT2D eigenvalue weighted by atomic mass is 16.5. The van der Waals surface area contributed by atoms with Crippen molar-refractivity contribution < 1.29 is 9.84 Å². The lowest BCUT2D eigenvalue weighted by Gasteiger charge is -2.06. The molecule has 1 aliphatic rings. The second-order valence-corrected chi connectivity index (χ2v) is 4.46. The Labute approximate surface area is 84.5 Å². The predicted molar refractivity (Wildman–Crippen MR) is 55.2 cm³/mol. The highest BCUT2D eigenvalue weighted by Crippen LogP contribution is 2.53. The van der Waals surface area contributed by atoms with Crippen LogP contribution in [0.2, 0.25) is 0 Å². The second-order valence-electron chi connectivity index (χ2n) is 4.46. The van der Waals surface area contributed by atoms with Gasteiger partial charge in [-0.25, -0.2) is 0 Å². The van der Waals surface area contributed by atoms with Gasteiger partial charge in [-0.15, -0.1) is 0 Å². The third kappa shape index (κ3) is 1.50. The van der Waals surface area contributed by atoms with Gasteiger partial charge in [0.2, 0.25) is 0 Å². The first-order chi connectivity index (χ1) is 6.66. The fourth-order valence-electron chi connectivity index (χ4n) is 1.90. The molecule has 14 heavy (non-hydrogen) atoms. The summed E-state index contributed by atoms with van der Waals surface area (Å²) in [5.41, 5.74) is 0.116. The third-order valence-electron chi connectivity index (χ3n) is 3.15. The summed E-state index contributed by atoms with van der Waals surface area (Å²) < 4.78 is 5.78. The molecule has 2 heteroatoms. The molecule has 0 radical (unpaired) electrons. The maximum Gasteiger partial charge on any atom is 0.119 e. The van der Waals surface area contributed by atoms with Gasteiger partial charge >= 0.3 is 0 Å². The summed E-state index contributed by atoms with van der Waals surface area (Å²) >= 11 is 0. The van der Waals surface area contributed by atoms with Crippen molar-refractivity contribution in [3.8, 4) is 5.75 Å². The van der Waals surface area contributed by atoms with Crippen molar-refractivity contribution in [2.24, 2.45) is 11.3 Å². The molecule has 1 aromatic carbocycles. The van der Waals surface area contributed by atoms with Gasteiger partial charge in [-0.05, 0) is 12.1 Å². The summed E-state index contributed by atoms with van der Waals surface area (Å²) in [7, 11) is 0. The molecule has 0 spiro atoms. The SMILES string of the molecule is CC1(C)C(CO)C1Oc1ccccc1. The molecule has 0 aromatic heterocycles. The summed E-state index contributed by atoms with van der Waals surface area (Å²) in [6.07, 6.45) is 0.162. The molecule has 1 aliphatic carbocycles. The van der Waals surface area contributed by atoms with Crippen molar-refractivity contribution >= 4 is 0 Å². The van der Waals surface area contributed by atoms with Crippen molar-refractivity contribution in [2.45, 2.75) is 20.0 Å². The van der Waals surface area contributed by atoms with Crippen LogP contribution in [0.3, 0.4) is 0 Å². The molecule has 1 aromatic rings. The molecule has 2 rings (SSSR count). The standard InChI is InChI=1S/C12H16O2/c1-12(2)10(8-13)11(12)14-9-6-4-3-5-7-9/h3-7,10-11,13H,8H2,1-2H3. The number of para-hydroxylation sites is 1. The lowest BCUT2D eigenvalue weighted by atomic mass is 10.1. The number of benzene rings is 1. The highest BCUT2D eigenvalue weighted by Gasteiger charge is 2.59. The lowest BCUT2D eigenvalue weighted by Crippen LogP contribution is -2.05. The quantitative estimate of drug-likeness (QED) is 0.794. The number of aliphatic hydroxyl groups excluding tert-OH is 1.